The summed E-state index contributed by atoms with van der Waals surface area (Å²) in [4.78, 5) is 10.6. The van der Waals surface area contributed by atoms with Crippen LogP contribution in [-0.2, 0) is 5.41 Å². The standard InChI is InChI=1S/C35H26N2/c1-35(2)31-28-19-10-9-14-24(28)20-21-29(31)30-32(25-15-7-4-8-16-25)36-34(37-33(30)35)27-18-11-17-26(22-27)23-12-5-3-6-13-23/h3-22H,1-2H3. The van der Waals surface area contributed by atoms with Gasteiger partial charge < -0.3 is 0 Å². The third-order valence-corrected chi connectivity index (χ3v) is 7.60. The Kier molecular flexibility index (Phi) is 4.84. The molecule has 37 heavy (non-hydrogen) atoms. The highest BCUT2D eigenvalue weighted by Gasteiger charge is 2.41. The second kappa shape index (κ2) is 8.25. The highest BCUT2D eigenvalue weighted by Crippen LogP contribution is 2.53. The number of nitrogens with zero attached hydrogens (tertiary/aromatic N) is 2. The third-order valence-electron chi connectivity index (χ3n) is 7.60. The van der Waals surface area contributed by atoms with E-state index < -0.39 is 0 Å². The summed E-state index contributed by atoms with van der Waals surface area (Å²) in [6.45, 7) is 4.60. The molecule has 2 heteroatoms. The van der Waals surface area contributed by atoms with Gasteiger partial charge in [0, 0.05) is 22.1 Å². The van der Waals surface area contributed by atoms with Crippen LogP contribution in [-0.4, -0.2) is 9.97 Å². The van der Waals surface area contributed by atoms with Crippen molar-refractivity contribution in [1.29, 1.82) is 0 Å². The molecule has 1 heterocycles. The lowest BCUT2D eigenvalue weighted by Crippen LogP contribution is -2.18. The van der Waals surface area contributed by atoms with Gasteiger partial charge in [-0.15, -0.1) is 0 Å². The van der Waals surface area contributed by atoms with E-state index in [1.807, 2.05) is 6.07 Å². The Morgan fingerprint density at radius 3 is 1.97 bits per heavy atom. The molecule has 1 aromatic heterocycles. The SMILES string of the molecule is CC1(C)c2nc(-c3cccc(-c4ccccc4)c3)nc(-c3ccccc3)c2-c2ccc3ccccc3c21. The van der Waals surface area contributed by atoms with Crippen molar-refractivity contribution in [2.24, 2.45) is 0 Å². The van der Waals surface area contributed by atoms with Crippen molar-refractivity contribution in [3.05, 3.63) is 133 Å². The van der Waals surface area contributed by atoms with Gasteiger partial charge in [-0.25, -0.2) is 9.97 Å². The van der Waals surface area contributed by atoms with E-state index in [1.54, 1.807) is 0 Å². The summed E-state index contributed by atoms with van der Waals surface area (Å²) in [5.74, 6) is 0.764. The quantitative estimate of drug-likeness (QED) is 0.256. The summed E-state index contributed by atoms with van der Waals surface area (Å²) in [6.07, 6.45) is 0. The first-order valence-corrected chi connectivity index (χ1v) is 12.8. The molecular weight excluding hydrogens is 448 g/mol. The molecule has 0 bridgehead atoms. The second-order valence-corrected chi connectivity index (χ2v) is 10.3. The van der Waals surface area contributed by atoms with Crippen molar-refractivity contribution in [2.45, 2.75) is 19.3 Å². The van der Waals surface area contributed by atoms with Gasteiger partial charge in [0.2, 0.25) is 0 Å². The van der Waals surface area contributed by atoms with Gasteiger partial charge in [0.15, 0.2) is 5.82 Å². The molecular formula is C35H26N2. The molecule has 0 atom stereocenters. The summed E-state index contributed by atoms with van der Waals surface area (Å²) in [6, 6.07) is 42.7. The van der Waals surface area contributed by atoms with Gasteiger partial charge in [-0.1, -0.05) is 129 Å². The van der Waals surface area contributed by atoms with Crippen LogP contribution in [0.3, 0.4) is 0 Å². The van der Waals surface area contributed by atoms with E-state index in [1.165, 1.54) is 27.5 Å². The smallest absolute Gasteiger partial charge is 0.160 e. The Hall–Kier alpha value is -4.56. The zero-order chi connectivity index (χ0) is 25.0. The molecule has 0 radical (unpaired) electrons. The van der Waals surface area contributed by atoms with E-state index in [0.29, 0.717) is 0 Å². The average Bonchev–Trinajstić information content (AvgIpc) is 3.20. The van der Waals surface area contributed by atoms with Crippen molar-refractivity contribution < 1.29 is 0 Å². The van der Waals surface area contributed by atoms with Crippen LogP contribution >= 0.6 is 0 Å². The molecule has 2 nitrogen and oxygen atoms in total. The van der Waals surface area contributed by atoms with E-state index >= 15 is 0 Å². The molecule has 6 aromatic rings. The molecule has 176 valence electrons. The molecule has 0 aliphatic heterocycles. The predicted octanol–water partition coefficient (Wildman–Crippen LogP) is 8.94. The first kappa shape index (κ1) is 21.7. The van der Waals surface area contributed by atoms with Gasteiger partial charge in [0.1, 0.15) is 0 Å². The minimum atomic E-state index is -0.260. The summed E-state index contributed by atoms with van der Waals surface area (Å²) in [5, 5.41) is 2.54. The molecule has 1 aliphatic rings. The van der Waals surface area contributed by atoms with Gasteiger partial charge in [-0.05, 0) is 39.1 Å². The first-order valence-electron chi connectivity index (χ1n) is 12.8. The Balaban J connectivity index is 1.51. The average molecular weight is 475 g/mol. The monoisotopic (exact) mass is 474 g/mol. The molecule has 5 aromatic carbocycles. The maximum Gasteiger partial charge on any atom is 0.160 e. The third kappa shape index (κ3) is 3.41. The van der Waals surface area contributed by atoms with Gasteiger partial charge in [0.25, 0.3) is 0 Å². The van der Waals surface area contributed by atoms with Crippen LogP contribution in [0.2, 0.25) is 0 Å². The molecule has 0 saturated carbocycles. The lowest BCUT2D eigenvalue weighted by Gasteiger charge is -2.22. The minimum Gasteiger partial charge on any atom is -0.231 e. The van der Waals surface area contributed by atoms with E-state index in [2.05, 4.69) is 129 Å². The van der Waals surface area contributed by atoms with Crippen LogP contribution in [0.25, 0.3) is 55.7 Å². The molecule has 0 N–H and O–H groups in total. The van der Waals surface area contributed by atoms with Gasteiger partial charge >= 0.3 is 0 Å². The molecule has 0 spiro atoms. The van der Waals surface area contributed by atoms with Crippen molar-refractivity contribution in [3.8, 4) is 44.9 Å². The first-order chi connectivity index (χ1) is 18.1. The zero-order valence-corrected chi connectivity index (χ0v) is 20.9. The van der Waals surface area contributed by atoms with Crippen molar-refractivity contribution in [3.63, 3.8) is 0 Å². The summed E-state index contributed by atoms with van der Waals surface area (Å²) in [7, 11) is 0. The van der Waals surface area contributed by atoms with Crippen molar-refractivity contribution in [1.82, 2.24) is 9.97 Å². The van der Waals surface area contributed by atoms with Crippen LogP contribution in [0.4, 0.5) is 0 Å². The Morgan fingerprint density at radius 1 is 0.541 bits per heavy atom. The van der Waals surface area contributed by atoms with Crippen LogP contribution in [0.1, 0.15) is 25.1 Å². The molecule has 0 unspecified atom stereocenters. The number of benzene rings is 5. The van der Waals surface area contributed by atoms with Crippen LogP contribution in [0, 0.1) is 0 Å². The van der Waals surface area contributed by atoms with E-state index in [4.69, 9.17) is 9.97 Å². The lowest BCUT2D eigenvalue weighted by atomic mass is 9.82. The van der Waals surface area contributed by atoms with Crippen molar-refractivity contribution >= 4 is 10.8 Å². The van der Waals surface area contributed by atoms with Gasteiger partial charge in [-0.2, -0.15) is 0 Å². The fourth-order valence-electron chi connectivity index (χ4n) is 5.84. The minimum absolute atomic E-state index is 0.260. The molecule has 0 saturated heterocycles. The van der Waals surface area contributed by atoms with Crippen molar-refractivity contribution in [2.75, 3.05) is 0 Å². The molecule has 7 rings (SSSR count). The van der Waals surface area contributed by atoms with Crippen LogP contribution < -0.4 is 0 Å². The topological polar surface area (TPSA) is 25.8 Å². The number of hydrogen-bond acceptors (Lipinski definition) is 2. The lowest BCUT2D eigenvalue weighted by molar-refractivity contribution is 0.641. The summed E-state index contributed by atoms with van der Waals surface area (Å²) in [5.41, 5.74) is 10.0. The zero-order valence-electron chi connectivity index (χ0n) is 20.9. The van der Waals surface area contributed by atoms with E-state index in [0.717, 1.165) is 39.5 Å². The van der Waals surface area contributed by atoms with E-state index in [-0.39, 0.29) is 5.41 Å². The summed E-state index contributed by atoms with van der Waals surface area (Å²) >= 11 is 0. The van der Waals surface area contributed by atoms with Gasteiger partial charge in [0.05, 0.1) is 11.4 Å². The molecule has 0 fully saturated rings. The highest BCUT2D eigenvalue weighted by atomic mass is 14.9. The predicted molar refractivity (Wildman–Crippen MR) is 153 cm³/mol. The summed E-state index contributed by atoms with van der Waals surface area (Å²) < 4.78 is 0. The largest absolute Gasteiger partial charge is 0.231 e. The number of hydrogen-bond donors (Lipinski definition) is 0. The Labute approximate surface area is 217 Å². The number of rotatable bonds is 3. The maximum absolute atomic E-state index is 5.31. The Morgan fingerprint density at radius 2 is 1.19 bits per heavy atom. The fraction of sp³-hybridized carbons (Fsp3) is 0.0857. The highest BCUT2D eigenvalue weighted by molar-refractivity contribution is 6.00. The Bertz CT molecular complexity index is 1780. The normalized spacial score (nSPS) is 13.4. The maximum atomic E-state index is 5.31. The van der Waals surface area contributed by atoms with Gasteiger partial charge in [-0.3, -0.25) is 0 Å². The molecule has 1 aliphatic carbocycles. The molecule has 0 amide bonds. The second-order valence-electron chi connectivity index (χ2n) is 10.3. The van der Waals surface area contributed by atoms with E-state index in [9.17, 15) is 0 Å². The van der Waals surface area contributed by atoms with Crippen LogP contribution in [0.5, 0.6) is 0 Å². The number of fused-ring (bicyclic) bond motifs is 5. The number of aromatic nitrogens is 2. The van der Waals surface area contributed by atoms with Crippen LogP contribution in [0.15, 0.2) is 121 Å². The fourth-order valence-corrected chi connectivity index (χ4v) is 5.84.